The predicted molar refractivity (Wildman–Crippen MR) is 116 cm³/mol. The van der Waals surface area contributed by atoms with Crippen LogP contribution in [0.4, 0.5) is 0 Å². The van der Waals surface area contributed by atoms with E-state index in [0.717, 1.165) is 16.5 Å². The van der Waals surface area contributed by atoms with Gasteiger partial charge in [-0.15, -0.1) is 0 Å². The predicted octanol–water partition coefficient (Wildman–Crippen LogP) is 2.41. The number of H-pyrrole nitrogens is 1. The zero-order valence-corrected chi connectivity index (χ0v) is 18.8. The maximum Gasteiger partial charge on any atom is 0.252 e. The van der Waals surface area contributed by atoms with Crippen LogP contribution < -0.4 is 5.56 Å². The zero-order valence-electron chi connectivity index (χ0n) is 18.0. The standard InChI is InChI=1S/C21H28N4O4S/c1-14-8-6-9-17-12-18(21(26)22-19(14)17)13-25(10-7-11-29-5)30(27,28)20-15(2)23-24(4)16(20)3/h6,8-9,12H,7,10-11,13H2,1-5H3,(H,22,26). The first-order valence-corrected chi connectivity index (χ1v) is 11.2. The number of hydrogen-bond acceptors (Lipinski definition) is 5. The number of methoxy groups -OCH3 is 1. The van der Waals surface area contributed by atoms with E-state index in [2.05, 4.69) is 10.1 Å². The van der Waals surface area contributed by atoms with E-state index >= 15 is 0 Å². The molecular formula is C21H28N4O4S. The highest BCUT2D eigenvalue weighted by Crippen LogP contribution is 2.25. The van der Waals surface area contributed by atoms with Crippen molar-refractivity contribution >= 4 is 20.9 Å². The molecule has 0 unspecified atom stereocenters. The van der Waals surface area contributed by atoms with Gasteiger partial charge in [-0.25, -0.2) is 8.42 Å². The quantitative estimate of drug-likeness (QED) is 0.552. The molecule has 3 rings (SSSR count). The Bertz CT molecular complexity index is 1230. The van der Waals surface area contributed by atoms with Gasteiger partial charge in [0, 0.05) is 39.4 Å². The lowest BCUT2D eigenvalue weighted by molar-refractivity contribution is 0.186. The van der Waals surface area contributed by atoms with Gasteiger partial charge in [0.05, 0.1) is 16.9 Å². The van der Waals surface area contributed by atoms with Gasteiger partial charge in [-0.2, -0.15) is 9.40 Å². The van der Waals surface area contributed by atoms with Gasteiger partial charge in [-0.3, -0.25) is 9.48 Å². The fraction of sp³-hybridized carbons (Fsp3) is 0.429. The SMILES string of the molecule is COCCCN(Cc1cc2cccc(C)c2[nH]c1=O)S(=O)(=O)c1c(C)nn(C)c1C. The van der Waals surface area contributed by atoms with E-state index in [1.807, 2.05) is 25.1 Å². The molecule has 30 heavy (non-hydrogen) atoms. The first kappa shape index (κ1) is 22.2. The molecule has 162 valence electrons. The van der Waals surface area contributed by atoms with Crippen LogP contribution in [-0.2, 0) is 28.4 Å². The van der Waals surface area contributed by atoms with Crippen LogP contribution in [0.1, 0.15) is 28.9 Å². The van der Waals surface area contributed by atoms with Crippen molar-refractivity contribution in [2.45, 2.75) is 38.6 Å². The molecule has 0 saturated carbocycles. The Labute approximate surface area is 176 Å². The van der Waals surface area contributed by atoms with Gasteiger partial charge in [-0.1, -0.05) is 18.2 Å². The second kappa shape index (κ2) is 8.71. The topological polar surface area (TPSA) is 97.3 Å². The van der Waals surface area contributed by atoms with Crippen molar-refractivity contribution in [3.63, 3.8) is 0 Å². The molecule has 0 aliphatic heterocycles. The van der Waals surface area contributed by atoms with Gasteiger partial charge in [-0.05, 0) is 44.2 Å². The number of para-hydroxylation sites is 1. The minimum atomic E-state index is -3.86. The molecule has 0 aliphatic carbocycles. The van der Waals surface area contributed by atoms with Crippen molar-refractivity contribution in [3.05, 3.63) is 57.1 Å². The van der Waals surface area contributed by atoms with Crippen LogP contribution in [0, 0.1) is 20.8 Å². The number of rotatable bonds is 8. The molecule has 0 fully saturated rings. The molecule has 0 radical (unpaired) electrons. The van der Waals surface area contributed by atoms with Crippen LogP contribution in [0.15, 0.2) is 34.0 Å². The Hall–Kier alpha value is -2.49. The third kappa shape index (κ3) is 4.19. The smallest absolute Gasteiger partial charge is 0.252 e. The Morgan fingerprint density at radius 1 is 1.23 bits per heavy atom. The molecule has 2 aromatic heterocycles. The van der Waals surface area contributed by atoms with Gasteiger partial charge in [0.1, 0.15) is 4.90 Å². The van der Waals surface area contributed by atoms with Gasteiger partial charge in [0.2, 0.25) is 10.0 Å². The number of pyridine rings is 1. The molecule has 1 aromatic carbocycles. The number of benzene rings is 1. The van der Waals surface area contributed by atoms with Gasteiger partial charge in [0.25, 0.3) is 5.56 Å². The summed E-state index contributed by atoms with van der Waals surface area (Å²) in [6, 6.07) is 7.51. The lowest BCUT2D eigenvalue weighted by atomic mass is 10.1. The fourth-order valence-electron chi connectivity index (χ4n) is 3.66. The first-order valence-electron chi connectivity index (χ1n) is 9.77. The molecule has 9 heteroatoms. The largest absolute Gasteiger partial charge is 0.385 e. The number of aryl methyl sites for hydroxylation is 3. The number of sulfonamides is 1. The molecule has 1 N–H and O–H groups in total. The summed E-state index contributed by atoms with van der Waals surface area (Å²) in [5.41, 5.74) is 2.83. The summed E-state index contributed by atoms with van der Waals surface area (Å²) in [7, 11) is -0.567. The minimum absolute atomic E-state index is 0.0287. The monoisotopic (exact) mass is 432 g/mol. The van der Waals surface area contributed by atoms with E-state index in [1.54, 1.807) is 38.8 Å². The summed E-state index contributed by atoms with van der Waals surface area (Å²) in [5, 5.41) is 5.12. The number of aromatic nitrogens is 3. The Balaban J connectivity index is 2.06. The summed E-state index contributed by atoms with van der Waals surface area (Å²) < 4.78 is 35.1. The number of fused-ring (bicyclic) bond motifs is 1. The van der Waals surface area contributed by atoms with Crippen LogP contribution in [-0.4, -0.2) is 47.7 Å². The number of nitrogens with one attached hydrogen (secondary N) is 1. The molecule has 0 atom stereocenters. The lowest BCUT2D eigenvalue weighted by Gasteiger charge is -2.22. The van der Waals surface area contributed by atoms with Crippen LogP contribution >= 0.6 is 0 Å². The third-order valence-electron chi connectivity index (χ3n) is 5.31. The number of aromatic amines is 1. The van der Waals surface area contributed by atoms with E-state index in [1.165, 1.54) is 4.31 Å². The summed E-state index contributed by atoms with van der Waals surface area (Å²) in [6.07, 6.45) is 0.513. The maximum atomic E-state index is 13.5. The van der Waals surface area contributed by atoms with Crippen molar-refractivity contribution in [2.24, 2.45) is 7.05 Å². The summed E-state index contributed by atoms with van der Waals surface area (Å²) in [6.45, 7) is 5.96. The first-order chi connectivity index (χ1) is 14.2. The molecular weight excluding hydrogens is 404 g/mol. The van der Waals surface area contributed by atoms with Crippen molar-refractivity contribution in [1.82, 2.24) is 19.1 Å². The molecule has 8 nitrogen and oxygen atoms in total. The highest BCUT2D eigenvalue weighted by molar-refractivity contribution is 7.89. The van der Waals surface area contributed by atoms with E-state index in [-0.39, 0.29) is 23.5 Å². The number of ether oxygens (including phenoxy) is 1. The van der Waals surface area contributed by atoms with Crippen molar-refractivity contribution in [3.8, 4) is 0 Å². The summed E-state index contributed by atoms with van der Waals surface area (Å²) >= 11 is 0. The number of hydrogen-bond donors (Lipinski definition) is 1. The fourth-order valence-corrected chi connectivity index (χ4v) is 5.52. The van der Waals surface area contributed by atoms with E-state index < -0.39 is 10.0 Å². The van der Waals surface area contributed by atoms with Crippen LogP contribution in [0.2, 0.25) is 0 Å². The minimum Gasteiger partial charge on any atom is -0.385 e. The van der Waals surface area contributed by atoms with E-state index in [4.69, 9.17) is 4.74 Å². The average Bonchev–Trinajstić information content (AvgIpc) is 2.94. The van der Waals surface area contributed by atoms with Gasteiger partial charge in [0.15, 0.2) is 0 Å². The Morgan fingerprint density at radius 3 is 2.60 bits per heavy atom. The second-order valence-corrected chi connectivity index (χ2v) is 9.35. The van der Waals surface area contributed by atoms with E-state index in [9.17, 15) is 13.2 Å². The molecule has 0 bridgehead atoms. The van der Waals surface area contributed by atoms with Crippen LogP contribution in [0.25, 0.3) is 10.9 Å². The van der Waals surface area contributed by atoms with Gasteiger partial charge < -0.3 is 9.72 Å². The molecule has 0 aliphatic rings. The highest BCUT2D eigenvalue weighted by atomic mass is 32.2. The van der Waals surface area contributed by atoms with Gasteiger partial charge >= 0.3 is 0 Å². The molecule has 0 saturated heterocycles. The molecule has 0 spiro atoms. The third-order valence-corrected chi connectivity index (χ3v) is 7.41. The molecule has 2 heterocycles. The average molecular weight is 433 g/mol. The Morgan fingerprint density at radius 2 is 1.97 bits per heavy atom. The second-order valence-electron chi connectivity index (χ2n) is 7.47. The Kier molecular flexibility index (Phi) is 6.44. The molecule has 3 aromatic rings. The van der Waals surface area contributed by atoms with E-state index in [0.29, 0.717) is 30.0 Å². The van der Waals surface area contributed by atoms with Crippen molar-refractivity contribution in [2.75, 3.05) is 20.3 Å². The number of nitrogens with zero attached hydrogens (tertiary/aromatic N) is 3. The highest BCUT2D eigenvalue weighted by Gasteiger charge is 2.31. The summed E-state index contributed by atoms with van der Waals surface area (Å²) in [5.74, 6) is 0. The van der Waals surface area contributed by atoms with Crippen molar-refractivity contribution in [1.29, 1.82) is 0 Å². The zero-order chi connectivity index (χ0) is 22.1. The van der Waals surface area contributed by atoms with Crippen LogP contribution in [0.5, 0.6) is 0 Å². The summed E-state index contributed by atoms with van der Waals surface area (Å²) in [4.78, 5) is 15.8. The maximum absolute atomic E-state index is 13.5. The lowest BCUT2D eigenvalue weighted by Crippen LogP contribution is -2.34. The van der Waals surface area contributed by atoms with Crippen molar-refractivity contribution < 1.29 is 13.2 Å². The normalized spacial score (nSPS) is 12.2. The van der Waals surface area contributed by atoms with Crippen LogP contribution in [0.3, 0.4) is 0 Å². The molecule has 0 amide bonds.